The van der Waals surface area contributed by atoms with Crippen LogP contribution in [0.2, 0.25) is 0 Å². The third kappa shape index (κ3) is 3.12. The van der Waals surface area contributed by atoms with Crippen molar-refractivity contribution in [3.8, 4) is 0 Å². The van der Waals surface area contributed by atoms with E-state index >= 15 is 0 Å². The first kappa shape index (κ1) is 14.4. The molecule has 5 nitrogen and oxygen atoms in total. The van der Waals surface area contributed by atoms with Crippen LogP contribution in [0.15, 0.2) is 30.3 Å². The molecule has 6 heteroatoms. The topological polar surface area (TPSA) is 56.2 Å². The fourth-order valence-corrected chi connectivity index (χ4v) is 2.77. The second kappa shape index (κ2) is 5.77. The maximum atomic E-state index is 13.0. The summed E-state index contributed by atoms with van der Waals surface area (Å²) in [5.74, 6) is 0.249. The number of nitrogens with zero attached hydrogens (tertiary/aromatic N) is 2. The number of rotatable bonds is 4. The largest absolute Gasteiger partial charge is 0.365 e. The van der Waals surface area contributed by atoms with Gasteiger partial charge in [-0.15, -0.1) is 0 Å². The number of hydrogen-bond acceptors (Lipinski definition) is 3. The highest BCUT2D eigenvalue weighted by molar-refractivity contribution is 5.92. The van der Waals surface area contributed by atoms with Crippen molar-refractivity contribution in [2.75, 3.05) is 6.54 Å². The van der Waals surface area contributed by atoms with Crippen molar-refractivity contribution < 1.29 is 13.9 Å². The lowest BCUT2D eigenvalue weighted by Gasteiger charge is -2.24. The van der Waals surface area contributed by atoms with Crippen molar-refractivity contribution in [2.45, 2.75) is 32.1 Å². The molecule has 2 heterocycles. The second-order valence-corrected chi connectivity index (χ2v) is 6.21. The van der Waals surface area contributed by atoms with Crippen LogP contribution in [0.4, 0.5) is 4.39 Å². The number of halogens is 1. The van der Waals surface area contributed by atoms with E-state index in [0.717, 1.165) is 17.8 Å². The highest BCUT2D eigenvalue weighted by atomic mass is 19.1. The molecule has 1 amide bonds. The summed E-state index contributed by atoms with van der Waals surface area (Å²) in [6.07, 6.45) is 2.23. The fraction of sp³-hybridized carbons (Fsp3) is 0.412. The number of nitrogens with one attached hydrogen (secondary N) is 1. The van der Waals surface area contributed by atoms with Crippen LogP contribution in [-0.2, 0) is 17.9 Å². The summed E-state index contributed by atoms with van der Waals surface area (Å²) in [5, 5.41) is 7.31. The van der Waals surface area contributed by atoms with Crippen LogP contribution in [0.25, 0.3) is 0 Å². The monoisotopic (exact) mass is 315 g/mol. The van der Waals surface area contributed by atoms with Crippen LogP contribution >= 0.6 is 0 Å². The van der Waals surface area contributed by atoms with E-state index in [0.29, 0.717) is 24.8 Å². The summed E-state index contributed by atoms with van der Waals surface area (Å²) in [6, 6.07) is 8.07. The van der Waals surface area contributed by atoms with Gasteiger partial charge in [-0.25, -0.2) is 4.39 Å². The van der Waals surface area contributed by atoms with Gasteiger partial charge in [-0.2, -0.15) is 5.10 Å². The number of aromatic nitrogens is 2. The van der Waals surface area contributed by atoms with Crippen molar-refractivity contribution in [1.29, 1.82) is 0 Å². The zero-order chi connectivity index (χ0) is 15.8. The number of carbonyl (C=O) groups is 1. The lowest BCUT2D eigenvalue weighted by molar-refractivity contribution is -0.00123. The van der Waals surface area contributed by atoms with Crippen LogP contribution < -0.4 is 5.32 Å². The number of ether oxygens (including phenoxy) is 1. The Bertz CT molecular complexity index is 722. The van der Waals surface area contributed by atoms with Crippen LogP contribution in [-0.4, -0.2) is 22.2 Å². The average molecular weight is 315 g/mol. The SMILES string of the molecule is O=C(NCC1CC1)c1cc2n(n1)C[C@@H](c1ccc(F)cc1)OC2. The molecule has 2 aliphatic rings. The van der Waals surface area contributed by atoms with Gasteiger partial charge in [0, 0.05) is 6.54 Å². The van der Waals surface area contributed by atoms with Crippen LogP contribution in [0.5, 0.6) is 0 Å². The Morgan fingerprint density at radius 3 is 2.87 bits per heavy atom. The molecule has 1 aliphatic carbocycles. The maximum absolute atomic E-state index is 13.0. The van der Waals surface area contributed by atoms with E-state index in [1.165, 1.54) is 25.0 Å². The summed E-state index contributed by atoms with van der Waals surface area (Å²) < 4.78 is 20.6. The summed E-state index contributed by atoms with van der Waals surface area (Å²) in [6.45, 7) is 1.65. The van der Waals surface area contributed by atoms with Gasteiger partial charge in [0.2, 0.25) is 0 Å². The van der Waals surface area contributed by atoms with Gasteiger partial charge >= 0.3 is 0 Å². The Kier molecular flexibility index (Phi) is 3.61. The molecule has 0 radical (unpaired) electrons. The lowest BCUT2D eigenvalue weighted by atomic mass is 10.1. The van der Waals surface area contributed by atoms with Gasteiger partial charge in [0.15, 0.2) is 5.69 Å². The predicted octanol–water partition coefficient (Wildman–Crippen LogP) is 2.43. The molecule has 0 bridgehead atoms. The minimum atomic E-state index is -0.265. The standard InChI is InChI=1S/C17H18FN3O2/c18-13-5-3-12(4-6-13)16-9-21-14(10-23-16)7-15(20-21)17(22)19-8-11-1-2-11/h3-7,11,16H,1-2,8-10H2,(H,19,22)/t16-/m0/s1. The molecule has 0 saturated heterocycles. The predicted molar refractivity (Wildman–Crippen MR) is 81.2 cm³/mol. The number of amides is 1. The van der Waals surface area contributed by atoms with E-state index in [9.17, 15) is 9.18 Å². The molecule has 1 N–H and O–H groups in total. The molecule has 0 spiro atoms. The van der Waals surface area contributed by atoms with Crippen LogP contribution in [0.1, 0.15) is 40.7 Å². The molecule has 4 rings (SSSR count). The van der Waals surface area contributed by atoms with Crippen molar-refractivity contribution >= 4 is 5.91 Å². The molecule has 23 heavy (non-hydrogen) atoms. The Hall–Kier alpha value is -2.21. The van der Waals surface area contributed by atoms with Crippen molar-refractivity contribution in [2.24, 2.45) is 5.92 Å². The van der Waals surface area contributed by atoms with Gasteiger partial charge < -0.3 is 10.1 Å². The van der Waals surface area contributed by atoms with E-state index in [-0.39, 0.29) is 17.8 Å². The van der Waals surface area contributed by atoms with Gasteiger partial charge in [-0.1, -0.05) is 12.1 Å². The third-order valence-electron chi connectivity index (χ3n) is 4.36. The average Bonchev–Trinajstić information content (AvgIpc) is 3.29. The quantitative estimate of drug-likeness (QED) is 0.943. The summed E-state index contributed by atoms with van der Waals surface area (Å²) in [7, 11) is 0. The first-order valence-corrected chi connectivity index (χ1v) is 7.91. The van der Waals surface area contributed by atoms with E-state index in [2.05, 4.69) is 10.4 Å². The summed E-state index contributed by atoms with van der Waals surface area (Å²) in [4.78, 5) is 12.1. The van der Waals surface area contributed by atoms with E-state index < -0.39 is 0 Å². The van der Waals surface area contributed by atoms with Crippen molar-refractivity contribution in [3.05, 3.63) is 53.1 Å². The minimum Gasteiger partial charge on any atom is -0.365 e. The molecule has 1 aromatic heterocycles. The first-order chi connectivity index (χ1) is 11.2. The molecule has 1 saturated carbocycles. The number of carbonyl (C=O) groups excluding carboxylic acids is 1. The Morgan fingerprint density at radius 2 is 2.13 bits per heavy atom. The highest BCUT2D eigenvalue weighted by Gasteiger charge is 2.25. The van der Waals surface area contributed by atoms with Gasteiger partial charge in [-0.05, 0) is 42.5 Å². The van der Waals surface area contributed by atoms with Gasteiger partial charge in [-0.3, -0.25) is 9.48 Å². The Balaban J connectivity index is 1.46. The van der Waals surface area contributed by atoms with Gasteiger partial charge in [0.05, 0.1) is 18.8 Å². The number of fused-ring (bicyclic) bond motifs is 1. The molecule has 1 aromatic carbocycles. The lowest BCUT2D eigenvalue weighted by Crippen LogP contribution is -2.26. The third-order valence-corrected chi connectivity index (χ3v) is 4.36. The zero-order valence-corrected chi connectivity index (χ0v) is 12.7. The van der Waals surface area contributed by atoms with Crippen molar-refractivity contribution in [1.82, 2.24) is 15.1 Å². The van der Waals surface area contributed by atoms with Crippen molar-refractivity contribution in [3.63, 3.8) is 0 Å². The number of hydrogen-bond donors (Lipinski definition) is 1. The zero-order valence-electron chi connectivity index (χ0n) is 12.7. The van der Waals surface area contributed by atoms with Crippen LogP contribution in [0, 0.1) is 11.7 Å². The second-order valence-electron chi connectivity index (χ2n) is 6.21. The summed E-state index contributed by atoms with van der Waals surface area (Å²) >= 11 is 0. The molecule has 2 aromatic rings. The van der Waals surface area contributed by atoms with Gasteiger partial charge in [0.1, 0.15) is 11.9 Å². The molecular weight excluding hydrogens is 297 g/mol. The molecule has 1 fully saturated rings. The Labute approximate surface area is 133 Å². The smallest absolute Gasteiger partial charge is 0.271 e. The van der Waals surface area contributed by atoms with E-state index in [1.807, 2.05) is 4.68 Å². The molecule has 1 atom stereocenters. The molecule has 1 aliphatic heterocycles. The van der Waals surface area contributed by atoms with E-state index in [1.54, 1.807) is 18.2 Å². The highest BCUT2D eigenvalue weighted by Crippen LogP contribution is 2.28. The first-order valence-electron chi connectivity index (χ1n) is 7.91. The normalized spacial score (nSPS) is 20.1. The van der Waals surface area contributed by atoms with Crippen LogP contribution in [0.3, 0.4) is 0 Å². The fourth-order valence-electron chi connectivity index (χ4n) is 2.77. The van der Waals surface area contributed by atoms with Gasteiger partial charge in [0.25, 0.3) is 5.91 Å². The Morgan fingerprint density at radius 1 is 1.35 bits per heavy atom. The minimum absolute atomic E-state index is 0.128. The molecule has 0 unspecified atom stereocenters. The maximum Gasteiger partial charge on any atom is 0.271 e. The summed E-state index contributed by atoms with van der Waals surface area (Å²) in [5.41, 5.74) is 2.23. The molecule has 120 valence electrons. The van der Waals surface area contributed by atoms with E-state index in [4.69, 9.17) is 4.74 Å². The molecular formula is C17H18FN3O2. The number of benzene rings is 1.